The molecule has 0 amide bonds. The minimum atomic E-state index is -0.420. The third-order valence-electron chi connectivity index (χ3n) is 3.57. The number of aromatic nitrogens is 3. The monoisotopic (exact) mass is 359 g/mol. The van der Waals surface area contributed by atoms with Crippen LogP contribution in [0.3, 0.4) is 0 Å². The van der Waals surface area contributed by atoms with E-state index in [0.29, 0.717) is 11.8 Å². The van der Waals surface area contributed by atoms with Crippen molar-refractivity contribution in [3.8, 4) is 0 Å². The van der Waals surface area contributed by atoms with Gasteiger partial charge < -0.3 is 5.73 Å². The first-order valence-electron chi connectivity index (χ1n) is 7.53. The van der Waals surface area contributed by atoms with Crippen molar-refractivity contribution < 1.29 is 4.92 Å². The van der Waals surface area contributed by atoms with Gasteiger partial charge in [-0.05, 0) is 39.0 Å². The molecule has 25 heavy (non-hydrogen) atoms. The molecule has 3 heterocycles. The van der Waals surface area contributed by atoms with E-state index < -0.39 is 4.92 Å². The summed E-state index contributed by atoms with van der Waals surface area (Å²) in [6.45, 7) is 6.05. The molecule has 0 atom stereocenters. The van der Waals surface area contributed by atoms with E-state index in [1.165, 1.54) is 6.07 Å². The smallest absolute Gasteiger partial charge is 0.324 e. The van der Waals surface area contributed by atoms with Crippen molar-refractivity contribution in [3.63, 3.8) is 0 Å². The molecule has 3 rings (SSSR count). The molecule has 9 nitrogen and oxygen atoms in total. The Morgan fingerprint density at radius 2 is 2.08 bits per heavy atom. The van der Waals surface area contributed by atoms with Crippen LogP contribution in [-0.4, -0.2) is 31.1 Å². The van der Waals surface area contributed by atoms with Crippen molar-refractivity contribution in [3.05, 3.63) is 32.9 Å². The van der Waals surface area contributed by atoms with E-state index >= 15 is 0 Å². The lowest BCUT2D eigenvalue weighted by Crippen LogP contribution is -2.37. The maximum absolute atomic E-state index is 10.7. The number of hydrogen-bond acceptors (Lipinski definition) is 9. The lowest BCUT2D eigenvalue weighted by molar-refractivity contribution is -0.380. The molecule has 0 aromatic carbocycles. The standard InChI is InChI=1S/C15H17N7O2S/c1-9-8-15(2,3)21(20-9)14-18-11(17-13(16)19-14)6-4-10-5-7-12(25-10)22(23)24/h4-7H,8H2,1-3H3,(H2,16,17,18,19)/b6-4+. The number of thiophene rings is 1. The molecular formula is C15H17N7O2S. The molecule has 0 radical (unpaired) electrons. The van der Waals surface area contributed by atoms with Gasteiger partial charge in [-0.25, -0.2) is 5.01 Å². The largest absolute Gasteiger partial charge is 0.368 e. The van der Waals surface area contributed by atoms with E-state index in [4.69, 9.17) is 5.73 Å². The van der Waals surface area contributed by atoms with E-state index in [9.17, 15) is 10.1 Å². The summed E-state index contributed by atoms with van der Waals surface area (Å²) in [6, 6.07) is 3.13. The summed E-state index contributed by atoms with van der Waals surface area (Å²) >= 11 is 1.07. The molecule has 1 aliphatic rings. The van der Waals surface area contributed by atoms with Gasteiger partial charge in [-0.15, -0.1) is 0 Å². The van der Waals surface area contributed by atoms with Crippen molar-refractivity contribution in [2.45, 2.75) is 32.7 Å². The molecule has 0 spiro atoms. The molecule has 0 bridgehead atoms. The van der Waals surface area contributed by atoms with Gasteiger partial charge in [-0.1, -0.05) is 11.3 Å². The number of nitrogen functional groups attached to an aromatic ring is 1. The Kier molecular flexibility index (Phi) is 4.21. The molecule has 10 heteroatoms. The zero-order chi connectivity index (χ0) is 18.2. The second kappa shape index (κ2) is 6.20. The van der Waals surface area contributed by atoms with Crippen LogP contribution in [0.2, 0.25) is 0 Å². The minimum Gasteiger partial charge on any atom is -0.368 e. The zero-order valence-electron chi connectivity index (χ0n) is 14.0. The highest BCUT2D eigenvalue weighted by Crippen LogP contribution is 2.30. The predicted molar refractivity (Wildman–Crippen MR) is 98.4 cm³/mol. The van der Waals surface area contributed by atoms with Gasteiger partial charge in [-0.2, -0.15) is 20.1 Å². The Bertz CT molecular complexity index is 888. The highest BCUT2D eigenvalue weighted by Gasteiger charge is 2.35. The molecule has 2 aromatic heterocycles. The van der Waals surface area contributed by atoms with Crippen molar-refractivity contribution >= 4 is 46.1 Å². The summed E-state index contributed by atoms with van der Waals surface area (Å²) in [5.41, 5.74) is 6.55. The molecule has 0 unspecified atom stereocenters. The van der Waals surface area contributed by atoms with Crippen LogP contribution in [0.15, 0.2) is 17.2 Å². The third-order valence-corrected chi connectivity index (χ3v) is 4.57. The van der Waals surface area contributed by atoms with Gasteiger partial charge in [0.1, 0.15) is 0 Å². The third kappa shape index (κ3) is 3.63. The quantitative estimate of drug-likeness (QED) is 0.657. The van der Waals surface area contributed by atoms with Gasteiger partial charge in [-0.3, -0.25) is 10.1 Å². The van der Waals surface area contributed by atoms with Crippen LogP contribution >= 0.6 is 11.3 Å². The Balaban J connectivity index is 1.89. The fraction of sp³-hybridized carbons (Fsp3) is 0.333. The molecule has 130 valence electrons. The molecule has 2 aromatic rings. The van der Waals surface area contributed by atoms with Crippen molar-refractivity contribution in [1.82, 2.24) is 15.0 Å². The summed E-state index contributed by atoms with van der Waals surface area (Å²) in [4.78, 5) is 23.7. The summed E-state index contributed by atoms with van der Waals surface area (Å²) in [5.74, 6) is 0.845. The van der Waals surface area contributed by atoms with Crippen LogP contribution < -0.4 is 10.7 Å². The highest BCUT2D eigenvalue weighted by molar-refractivity contribution is 7.16. The number of nitro groups is 1. The van der Waals surface area contributed by atoms with Crippen LogP contribution in [0, 0.1) is 10.1 Å². The predicted octanol–water partition coefficient (Wildman–Crippen LogP) is 2.96. The van der Waals surface area contributed by atoms with Crippen LogP contribution in [0.5, 0.6) is 0 Å². The molecule has 2 N–H and O–H groups in total. The molecule has 1 aliphatic heterocycles. The first kappa shape index (κ1) is 17.0. The van der Waals surface area contributed by atoms with E-state index in [2.05, 4.69) is 20.1 Å². The van der Waals surface area contributed by atoms with Crippen LogP contribution in [0.4, 0.5) is 16.9 Å². The minimum absolute atomic E-state index is 0.0825. The first-order valence-corrected chi connectivity index (χ1v) is 8.34. The second-order valence-corrected chi connectivity index (χ2v) is 7.35. The van der Waals surface area contributed by atoms with Crippen molar-refractivity contribution in [2.75, 3.05) is 10.7 Å². The van der Waals surface area contributed by atoms with Crippen molar-refractivity contribution in [2.24, 2.45) is 5.10 Å². The van der Waals surface area contributed by atoms with Crippen molar-refractivity contribution in [1.29, 1.82) is 0 Å². The molecule has 0 aliphatic carbocycles. The van der Waals surface area contributed by atoms with E-state index in [-0.39, 0.29) is 16.5 Å². The number of hydrazone groups is 1. The lowest BCUT2D eigenvalue weighted by Gasteiger charge is -2.28. The number of nitrogens with two attached hydrogens (primary N) is 1. The lowest BCUT2D eigenvalue weighted by atomic mass is 9.99. The number of hydrogen-bond donors (Lipinski definition) is 1. The van der Waals surface area contributed by atoms with Crippen LogP contribution in [-0.2, 0) is 0 Å². The normalized spacial score (nSPS) is 16.4. The van der Waals surface area contributed by atoms with Gasteiger partial charge in [0.25, 0.3) is 5.95 Å². The molecular weight excluding hydrogens is 342 g/mol. The summed E-state index contributed by atoms with van der Waals surface area (Å²) in [6.07, 6.45) is 4.17. The number of anilines is 2. The maximum atomic E-state index is 10.7. The van der Waals surface area contributed by atoms with Gasteiger partial charge in [0, 0.05) is 23.1 Å². The average Bonchev–Trinajstić information content (AvgIpc) is 3.08. The van der Waals surface area contributed by atoms with Gasteiger partial charge in [0.2, 0.25) is 5.95 Å². The summed E-state index contributed by atoms with van der Waals surface area (Å²) in [5, 5.41) is 17.0. The summed E-state index contributed by atoms with van der Waals surface area (Å²) < 4.78 is 0. The fourth-order valence-electron chi connectivity index (χ4n) is 2.61. The van der Waals surface area contributed by atoms with Crippen LogP contribution in [0.1, 0.15) is 37.9 Å². The van der Waals surface area contributed by atoms with Gasteiger partial charge in [0.15, 0.2) is 5.82 Å². The van der Waals surface area contributed by atoms with Gasteiger partial charge >= 0.3 is 5.00 Å². The number of rotatable bonds is 4. The van der Waals surface area contributed by atoms with Crippen LogP contribution in [0.25, 0.3) is 12.2 Å². The summed E-state index contributed by atoms with van der Waals surface area (Å²) in [7, 11) is 0. The Morgan fingerprint density at radius 3 is 2.68 bits per heavy atom. The van der Waals surface area contributed by atoms with E-state index in [0.717, 1.165) is 28.3 Å². The Hall–Kier alpha value is -2.88. The SMILES string of the molecule is CC1=NN(c2nc(N)nc(/C=C/c3ccc([N+](=O)[O-])s3)n2)C(C)(C)C1. The second-order valence-electron chi connectivity index (χ2n) is 6.25. The Labute approximate surface area is 148 Å². The van der Waals surface area contributed by atoms with E-state index in [1.807, 2.05) is 20.8 Å². The zero-order valence-corrected chi connectivity index (χ0v) is 14.8. The fourth-order valence-corrected chi connectivity index (χ4v) is 3.34. The number of nitrogens with zero attached hydrogens (tertiary/aromatic N) is 6. The highest BCUT2D eigenvalue weighted by atomic mass is 32.1. The molecule has 0 saturated heterocycles. The van der Waals surface area contributed by atoms with E-state index in [1.54, 1.807) is 23.2 Å². The molecule has 0 fully saturated rings. The topological polar surface area (TPSA) is 123 Å². The maximum Gasteiger partial charge on any atom is 0.324 e. The average molecular weight is 359 g/mol. The van der Waals surface area contributed by atoms with Gasteiger partial charge in [0.05, 0.1) is 10.5 Å². The first-order chi connectivity index (χ1) is 11.7. The molecule has 0 saturated carbocycles. The Morgan fingerprint density at radius 1 is 1.32 bits per heavy atom.